The fourth-order valence-electron chi connectivity index (χ4n) is 6.23. The molecule has 0 amide bonds. The molecule has 2 atom stereocenters. The fraction of sp³-hybridized carbons (Fsp3) is 0.538. The van der Waals surface area contributed by atoms with E-state index in [0.29, 0.717) is 17.8 Å². The molecule has 0 radical (unpaired) electrons. The summed E-state index contributed by atoms with van der Waals surface area (Å²) >= 11 is 0. The number of pyridine rings is 2. The highest BCUT2D eigenvalue weighted by atomic mass is 19.4. The average molecular weight is 469 g/mol. The molecule has 4 aliphatic rings. The van der Waals surface area contributed by atoms with E-state index >= 15 is 0 Å². The van der Waals surface area contributed by atoms with E-state index in [1.165, 1.54) is 0 Å². The summed E-state index contributed by atoms with van der Waals surface area (Å²) < 4.78 is 46.8. The van der Waals surface area contributed by atoms with Gasteiger partial charge in [0.25, 0.3) is 0 Å². The maximum Gasteiger partial charge on any atom is 0.394 e. The highest BCUT2D eigenvalue weighted by molar-refractivity contribution is 5.79. The van der Waals surface area contributed by atoms with E-state index in [1.54, 1.807) is 6.20 Å². The minimum absolute atomic E-state index is 0.0596. The topological polar surface area (TPSA) is 60.8 Å². The Morgan fingerprint density at radius 2 is 1.74 bits per heavy atom. The number of aryl methyl sites for hydroxylation is 3. The van der Waals surface area contributed by atoms with Crippen molar-refractivity contribution in [3.05, 3.63) is 58.4 Å². The van der Waals surface area contributed by atoms with Crippen LogP contribution in [0.5, 0.6) is 0 Å². The van der Waals surface area contributed by atoms with Crippen LogP contribution in [0.3, 0.4) is 0 Å². The maximum absolute atomic E-state index is 13.6. The van der Waals surface area contributed by atoms with E-state index in [1.807, 2.05) is 39.0 Å². The van der Waals surface area contributed by atoms with Crippen molar-refractivity contribution in [3.8, 4) is 0 Å². The number of hydrogen-bond acceptors (Lipinski definition) is 5. The Morgan fingerprint density at radius 3 is 2.44 bits per heavy atom. The SMILES string of the molecule is Cc1cc([C@H]2C[C@@H](c3cc4nc(C)c(C)nc4c(C45CC(C(F)(F)F)(C4)C5)n3)CCO2)ccn1. The minimum atomic E-state index is -4.16. The summed E-state index contributed by atoms with van der Waals surface area (Å²) in [6, 6.07) is 6.02. The van der Waals surface area contributed by atoms with Gasteiger partial charge in [-0.25, -0.2) is 9.97 Å². The van der Waals surface area contributed by atoms with E-state index in [9.17, 15) is 13.2 Å². The first-order valence-corrected chi connectivity index (χ1v) is 11.9. The van der Waals surface area contributed by atoms with Gasteiger partial charge in [-0.15, -0.1) is 0 Å². The first-order valence-electron chi connectivity index (χ1n) is 11.9. The van der Waals surface area contributed by atoms with Crippen LogP contribution in [0.2, 0.25) is 0 Å². The van der Waals surface area contributed by atoms with Crippen LogP contribution in [-0.4, -0.2) is 32.7 Å². The number of rotatable bonds is 3. The van der Waals surface area contributed by atoms with Gasteiger partial charge in [-0.1, -0.05) is 0 Å². The zero-order chi connectivity index (χ0) is 23.9. The number of ether oxygens (including phenoxy) is 1. The number of nitrogens with zero attached hydrogens (tertiary/aromatic N) is 4. The lowest BCUT2D eigenvalue weighted by atomic mass is 9.34. The first-order chi connectivity index (χ1) is 16.1. The molecule has 34 heavy (non-hydrogen) atoms. The Bertz CT molecular complexity index is 1290. The number of halogens is 3. The fourth-order valence-corrected chi connectivity index (χ4v) is 6.23. The van der Waals surface area contributed by atoms with Crippen LogP contribution in [0.4, 0.5) is 13.2 Å². The second-order valence-corrected chi connectivity index (χ2v) is 10.6. The summed E-state index contributed by atoms with van der Waals surface area (Å²) in [5.74, 6) is 0.141. The smallest absolute Gasteiger partial charge is 0.373 e. The van der Waals surface area contributed by atoms with Crippen LogP contribution in [-0.2, 0) is 10.2 Å². The Kier molecular flexibility index (Phi) is 4.63. The van der Waals surface area contributed by atoms with E-state index < -0.39 is 17.0 Å². The highest BCUT2D eigenvalue weighted by Gasteiger charge is 2.79. The van der Waals surface area contributed by atoms with Crippen LogP contribution in [0.25, 0.3) is 11.0 Å². The lowest BCUT2D eigenvalue weighted by molar-refractivity contribution is -0.337. The first kappa shape index (κ1) is 21.9. The molecule has 1 saturated heterocycles. The standard InChI is InChI=1S/C26H27F3N4O/c1-14-8-18(4-6-30-14)21-9-17(5-7-34-21)19-10-20-22(32-16(3)15(2)31-20)23(33-19)24-11-25(12-24,13-24)26(27,28)29/h4,6,8,10,17,21H,5,7,9,11-13H2,1-3H3/t17-,21+,24?,25?/m0/s1. The molecule has 0 aromatic carbocycles. The number of fused-ring (bicyclic) bond motifs is 1. The van der Waals surface area contributed by atoms with Gasteiger partial charge < -0.3 is 4.74 Å². The summed E-state index contributed by atoms with van der Waals surface area (Å²) in [5.41, 5.74) is 4.59. The highest BCUT2D eigenvalue weighted by Crippen LogP contribution is 2.78. The Hall–Kier alpha value is -2.61. The predicted molar refractivity (Wildman–Crippen MR) is 120 cm³/mol. The number of aromatic nitrogens is 4. The van der Waals surface area contributed by atoms with E-state index in [-0.39, 0.29) is 31.3 Å². The molecule has 3 saturated carbocycles. The molecule has 1 aliphatic heterocycles. The molecule has 2 bridgehead atoms. The van der Waals surface area contributed by atoms with Crippen LogP contribution in [0.15, 0.2) is 24.4 Å². The van der Waals surface area contributed by atoms with Crippen molar-refractivity contribution in [2.75, 3.05) is 6.61 Å². The van der Waals surface area contributed by atoms with Crippen molar-refractivity contribution >= 4 is 11.0 Å². The van der Waals surface area contributed by atoms with Gasteiger partial charge >= 0.3 is 6.18 Å². The largest absolute Gasteiger partial charge is 0.394 e. The second-order valence-electron chi connectivity index (χ2n) is 10.6. The van der Waals surface area contributed by atoms with Crippen molar-refractivity contribution in [1.29, 1.82) is 0 Å². The monoisotopic (exact) mass is 468 g/mol. The van der Waals surface area contributed by atoms with Crippen LogP contribution >= 0.6 is 0 Å². The van der Waals surface area contributed by atoms with Gasteiger partial charge in [0.15, 0.2) is 0 Å². The molecule has 0 unspecified atom stereocenters. The van der Waals surface area contributed by atoms with Crippen molar-refractivity contribution in [3.63, 3.8) is 0 Å². The zero-order valence-corrected chi connectivity index (χ0v) is 19.5. The summed E-state index contributed by atoms with van der Waals surface area (Å²) in [7, 11) is 0. The van der Waals surface area contributed by atoms with Gasteiger partial charge in [0.1, 0.15) is 5.52 Å². The van der Waals surface area contributed by atoms with Crippen LogP contribution < -0.4 is 0 Å². The van der Waals surface area contributed by atoms with Crippen LogP contribution in [0.1, 0.15) is 78.2 Å². The minimum Gasteiger partial charge on any atom is -0.373 e. The molecule has 4 fully saturated rings. The molecule has 7 rings (SSSR count). The lowest BCUT2D eigenvalue weighted by Gasteiger charge is -2.70. The molecular weight excluding hydrogens is 441 g/mol. The number of alkyl halides is 3. The molecule has 3 aromatic rings. The van der Waals surface area contributed by atoms with E-state index in [4.69, 9.17) is 19.7 Å². The Labute approximate surface area is 196 Å². The van der Waals surface area contributed by atoms with Gasteiger partial charge in [0, 0.05) is 35.5 Å². The molecule has 4 heterocycles. The average Bonchev–Trinajstić information content (AvgIpc) is 2.72. The normalized spacial score (nSPS) is 30.6. The molecule has 8 heteroatoms. The Morgan fingerprint density at radius 1 is 1.00 bits per heavy atom. The van der Waals surface area contributed by atoms with Gasteiger partial charge in [0.2, 0.25) is 0 Å². The van der Waals surface area contributed by atoms with Crippen molar-refractivity contribution in [2.24, 2.45) is 5.41 Å². The summed E-state index contributed by atoms with van der Waals surface area (Å²) in [6.45, 7) is 6.37. The van der Waals surface area contributed by atoms with Crippen molar-refractivity contribution < 1.29 is 17.9 Å². The predicted octanol–water partition coefficient (Wildman–Crippen LogP) is 5.96. The second kappa shape index (κ2) is 7.20. The quantitative estimate of drug-likeness (QED) is 0.474. The molecule has 3 aromatic heterocycles. The summed E-state index contributed by atoms with van der Waals surface area (Å²) in [5, 5.41) is 0. The molecule has 0 spiro atoms. The van der Waals surface area contributed by atoms with Crippen molar-refractivity contribution in [2.45, 2.75) is 76.5 Å². The summed E-state index contributed by atoms with van der Waals surface area (Å²) in [4.78, 5) is 18.9. The van der Waals surface area contributed by atoms with Crippen molar-refractivity contribution in [1.82, 2.24) is 19.9 Å². The lowest BCUT2D eigenvalue weighted by Crippen LogP contribution is -2.70. The number of hydrogen-bond donors (Lipinski definition) is 0. The molecule has 5 nitrogen and oxygen atoms in total. The molecule has 0 N–H and O–H groups in total. The molecule has 3 aliphatic carbocycles. The Balaban J connectivity index is 1.39. The van der Waals surface area contributed by atoms with Gasteiger partial charge in [-0.2, -0.15) is 13.2 Å². The van der Waals surface area contributed by atoms with Gasteiger partial charge in [0.05, 0.1) is 34.1 Å². The van der Waals surface area contributed by atoms with Gasteiger partial charge in [-0.3, -0.25) is 9.97 Å². The molecule has 178 valence electrons. The zero-order valence-electron chi connectivity index (χ0n) is 19.5. The van der Waals surface area contributed by atoms with E-state index in [2.05, 4.69) is 4.98 Å². The summed E-state index contributed by atoms with van der Waals surface area (Å²) in [6.07, 6.45) is -0.518. The van der Waals surface area contributed by atoms with Crippen LogP contribution in [0, 0.1) is 26.2 Å². The van der Waals surface area contributed by atoms with Gasteiger partial charge in [-0.05, 0) is 76.6 Å². The third kappa shape index (κ3) is 3.17. The molecular formula is C26H27F3N4O. The maximum atomic E-state index is 13.6. The third-order valence-corrected chi connectivity index (χ3v) is 8.21. The third-order valence-electron chi connectivity index (χ3n) is 8.21. The van der Waals surface area contributed by atoms with E-state index in [0.717, 1.165) is 46.7 Å².